The third-order valence-electron chi connectivity index (χ3n) is 3.05. The largest absolute Gasteiger partial charge is 0.494 e. The van der Waals surface area contributed by atoms with E-state index in [-0.39, 0.29) is 18.2 Å². The lowest BCUT2D eigenvalue weighted by Crippen LogP contribution is -2.34. The van der Waals surface area contributed by atoms with Crippen molar-refractivity contribution in [1.82, 2.24) is 4.90 Å². The molecule has 5 nitrogen and oxygen atoms in total. The average molecular weight is 262 g/mol. The van der Waals surface area contributed by atoms with Gasteiger partial charge in [-0.3, -0.25) is 14.5 Å². The lowest BCUT2D eigenvalue weighted by molar-refractivity contribution is -0.138. The molecular weight excluding hydrogens is 244 g/mol. The molecule has 1 unspecified atom stereocenters. The molecule has 19 heavy (non-hydrogen) atoms. The third kappa shape index (κ3) is 2.86. The van der Waals surface area contributed by atoms with Gasteiger partial charge in [0, 0.05) is 18.3 Å². The molecule has 0 aliphatic carbocycles. The Morgan fingerprint density at radius 2 is 2.16 bits per heavy atom. The zero-order chi connectivity index (χ0) is 13.8. The van der Waals surface area contributed by atoms with E-state index in [1.807, 2.05) is 31.2 Å². The fraction of sp³-hybridized carbons (Fsp3) is 0.429. The van der Waals surface area contributed by atoms with Gasteiger partial charge >= 0.3 is 0 Å². The number of imide groups is 1. The van der Waals surface area contributed by atoms with Crippen LogP contribution in [0.5, 0.6) is 5.75 Å². The summed E-state index contributed by atoms with van der Waals surface area (Å²) in [6.07, 6.45) is 0.214. The highest BCUT2D eigenvalue weighted by Gasteiger charge is 2.37. The van der Waals surface area contributed by atoms with Crippen molar-refractivity contribution in [3.63, 3.8) is 0 Å². The number of carbonyl (C=O) groups excluding carboxylic acids is 2. The van der Waals surface area contributed by atoms with E-state index in [2.05, 4.69) is 5.32 Å². The molecule has 1 fully saturated rings. The van der Waals surface area contributed by atoms with Gasteiger partial charge in [-0.05, 0) is 26.0 Å². The summed E-state index contributed by atoms with van der Waals surface area (Å²) >= 11 is 0. The first-order chi connectivity index (χ1) is 9.15. The zero-order valence-corrected chi connectivity index (χ0v) is 11.2. The number of amides is 2. The molecule has 1 heterocycles. The number of ether oxygens (including phenoxy) is 1. The topological polar surface area (TPSA) is 58.6 Å². The van der Waals surface area contributed by atoms with Crippen molar-refractivity contribution in [2.24, 2.45) is 0 Å². The van der Waals surface area contributed by atoms with Gasteiger partial charge in [-0.2, -0.15) is 0 Å². The molecule has 1 aromatic carbocycles. The Balaban J connectivity index is 2.07. The van der Waals surface area contributed by atoms with Crippen LogP contribution in [0.2, 0.25) is 0 Å². The van der Waals surface area contributed by atoms with E-state index >= 15 is 0 Å². The van der Waals surface area contributed by atoms with Crippen LogP contribution in [0.3, 0.4) is 0 Å². The van der Waals surface area contributed by atoms with Gasteiger partial charge in [0.15, 0.2) is 0 Å². The number of likely N-dealkylation sites (tertiary alicyclic amines) is 1. The number of likely N-dealkylation sites (N-methyl/N-ethyl adjacent to an activating group) is 1. The van der Waals surface area contributed by atoms with Crippen LogP contribution in [0.15, 0.2) is 24.3 Å². The highest BCUT2D eigenvalue weighted by molar-refractivity contribution is 6.06. The minimum atomic E-state index is -0.468. The van der Waals surface area contributed by atoms with Gasteiger partial charge in [-0.25, -0.2) is 0 Å². The predicted molar refractivity (Wildman–Crippen MR) is 72.0 cm³/mol. The number of hydrogen-bond donors (Lipinski definition) is 1. The summed E-state index contributed by atoms with van der Waals surface area (Å²) < 4.78 is 5.40. The van der Waals surface area contributed by atoms with Crippen molar-refractivity contribution in [1.29, 1.82) is 0 Å². The van der Waals surface area contributed by atoms with Crippen LogP contribution in [0, 0.1) is 0 Å². The molecule has 1 atom stereocenters. The fourth-order valence-corrected chi connectivity index (χ4v) is 2.17. The lowest BCUT2D eigenvalue weighted by Gasteiger charge is -2.14. The van der Waals surface area contributed by atoms with Crippen LogP contribution in [0.1, 0.15) is 20.3 Å². The van der Waals surface area contributed by atoms with E-state index in [9.17, 15) is 9.59 Å². The second kappa shape index (κ2) is 5.73. The van der Waals surface area contributed by atoms with Gasteiger partial charge in [-0.15, -0.1) is 0 Å². The maximum Gasteiger partial charge on any atom is 0.252 e. The first-order valence-corrected chi connectivity index (χ1v) is 6.49. The summed E-state index contributed by atoms with van der Waals surface area (Å²) in [7, 11) is 0. The van der Waals surface area contributed by atoms with Crippen molar-refractivity contribution >= 4 is 17.5 Å². The number of anilines is 1. The van der Waals surface area contributed by atoms with Crippen LogP contribution < -0.4 is 10.1 Å². The van der Waals surface area contributed by atoms with Crippen LogP contribution in [-0.4, -0.2) is 35.9 Å². The molecule has 1 N–H and O–H groups in total. The number of rotatable bonds is 5. The summed E-state index contributed by atoms with van der Waals surface area (Å²) in [6.45, 7) is 4.73. The van der Waals surface area contributed by atoms with Crippen molar-refractivity contribution in [2.75, 3.05) is 18.5 Å². The first-order valence-electron chi connectivity index (χ1n) is 6.49. The molecule has 2 amide bonds. The first kappa shape index (κ1) is 13.4. The molecule has 0 bridgehead atoms. The molecule has 1 saturated heterocycles. The van der Waals surface area contributed by atoms with Gasteiger partial charge in [0.05, 0.1) is 13.0 Å². The van der Waals surface area contributed by atoms with Crippen LogP contribution >= 0.6 is 0 Å². The van der Waals surface area contributed by atoms with Gasteiger partial charge < -0.3 is 10.1 Å². The number of nitrogens with zero attached hydrogens (tertiary/aromatic N) is 1. The van der Waals surface area contributed by atoms with E-state index in [0.717, 1.165) is 11.4 Å². The SMILES string of the molecule is CCOc1cccc(NC2CC(=O)N(CC)C2=O)c1. The Bertz CT molecular complexity index is 487. The van der Waals surface area contributed by atoms with Crippen LogP contribution in [0.25, 0.3) is 0 Å². The summed E-state index contributed by atoms with van der Waals surface area (Å²) in [5.74, 6) is 0.469. The van der Waals surface area contributed by atoms with Crippen molar-refractivity contribution in [3.8, 4) is 5.75 Å². The van der Waals surface area contributed by atoms with E-state index in [0.29, 0.717) is 13.2 Å². The standard InChI is InChI=1S/C14H18N2O3/c1-3-16-13(17)9-12(14(16)18)15-10-6-5-7-11(8-10)19-4-2/h5-8,12,15H,3-4,9H2,1-2H3. The molecule has 102 valence electrons. The molecule has 5 heteroatoms. The molecular formula is C14H18N2O3. The van der Waals surface area contributed by atoms with E-state index in [4.69, 9.17) is 4.74 Å². The van der Waals surface area contributed by atoms with Gasteiger partial charge in [0.1, 0.15) is 11.8 Å². The van der Waals surface area contributed by atoms with E-state index in [1.165, 1.54) is 4.90 Å². The van der Waals surface area contributed by atoms with Crippen molar-refractivity contribution in [2.45, 2.75) is 26.3 Å². The summed E-state index contributed by atoms with van der Waals surface area (Å²) in [5.41, 5.74) is 0.787. The molecule has 1 aliphatic rings. The van der Waals surface area contributed by atoms with Gasteiger partial charge in [0.25, 0.3) is 5.91 Å². The molecule has 1 aromatic rings. The average Bonchev–Trinajstić information content (AvgIpc) is 2.65. The Morgan fingerprint density at radius 3 is 2.79 bits per heavy atom. The van der Waals surface area contributed by atoms with Gasteiger partial charge in [0.2, 0.25) is 5.91 Å². The lowest BCUT2D eigenvalue weighted by atomic mass is 10.2. The molecule has 1 aliphatic heterocycles. The Morgan fingerprint density at radius 1 is 1.37 bits per heavy atom. The van der Waals surface area contributed by atoms with E-state index in [1.54, 1.807) is 6.92 Å². The second-order valence-corrected chi connectivity index (χ2v) is 4.34. The molecule has 0 aromatic heterocycles. The quantitative estimate of drug-likeness (QED) is 0.820. The highest BCUT2D eigenvalue weighted by atomic mass is 16.5. The Hall–Kier alpha value is -2.04. The number of carbonyl (C=O) groups is 2. The second-order valence-electron chi connectivity index (χ2n) is 4.34. The summed E-state index contributed by atoms with van der Waals surface area (Å²) in [4.78, 5) is 24.9. The molecule has 2 rings (SSSR count). The predicted octanol–water partition coefficient (Wildman–Crippen LogP) is 1.64. The highest BCUT2D eigenvalue weighted by Crippen LogP contribution is 2.21. The summed E-state index contributed by atoms with van der Waals surface area (Å²) in [6, 6.07) is 6.93. The molecule has 0 spiro atoms. The van der Waals surface area contributed by atoms with Gasteiger partial charge in [-0.1, -0.05) is 6.07 Å². The van der Waals surface area contributed by atoms with Crippen LogP contribution in [0.4, 0.5) is 5.69 Å². The minimum Gasteiger partial charge on any atom is -0.494 e. The smallest absolute Gasteiger partial charge is 0.252 e. The summed E-state index contributed by atoms with van der Waals surface area (Å²) in [5, 5.41) is 3.09. The maximum absolute atomic E-state index is 12.0. The van der Waals surface area contributed by atoms with E-state index < -0.39 is 6.04 Å². The maximum atomic E-state index is 12.0. The normalized spacial score (nSPS) is 18.8. The fourth-order valence-electron chi connectivity index (χ4n) is 2.17. The third-order valence-corrected chi connectivity index (χ3v) is 3.05. The Labute approximate surface area is 112 Å². The molecule has 0 saturated carbocycles. The Kier molecular flexibility index (Phi) is 4.04. The molecule has 0 radical (unpaired) electrons. The number of nitrogens with one attached hydrogen (secondary N) is 1. The number of benzene rings is 1. The minimum absolute atomic E-state index is 0.119. The van der Waals surface area contributed by atoms with Crippen molar-refractivity contribution in [3.05, 3.63) is 24.3 Å². The van der Waals surface area contributed by atoms with Crippen molar-refractivity contribution < 1.29 is 14.3 Å². The number of hydrogen-bond acceptors (Lipinski definition) is 4. The van der Waals surface area contributed by atoms with Crippen LogP contribution in [-0.2, 0) is 9.59 Å². The zero-order valence-electron chi connectivity index (χ0n) is 11.2. The monoisotopic (exact) mass is 262 g/mol.